The Kier molecular flexibility index (Phi) is 8.18. The first-order valence-corrected chi connectivity index (χ1v) is 9.77. The van der Waals surface area contributed by atoms with Crippen molar-refractivity contribution in [2.24, 2.45) is 0 Å². The third-order valence-corrected chi connectivity index (χ3v) is 4.93. The minimum absolute atomic E-state index is 0.0308. The first kappa shape index (κ1) is 21.6. The van der Waals surface area contributed by atoms with Crippen molar-refractivity contribution in [2.75, 3.05) is 46.3 Å². The summed E-state index contributed by atoms with van der Waals surface area (Å²) < 4.78 is 10.6. The Morgan fingerprint density at radius 3 is 2.21 bits per heavy atom. The highest BCUT2D eigenvalue weighted by molar-refractivity contribution is 5.94. The number of unbranched alkanes of at least 4 members (excludes halogenated alkanes) is 1. The minimum Gasteiger partial charge on any atom is -0.493 e. The van der Waals surface area contributed by atoms with E-state index in [9.17, 15) is 4.79 Å². The van der Waals surface area contributed by atoms with Gasteiger partial charge in [0.25, 0.3) is 5.91 Å². The van der Waals surface area contributed by atoms with Gasteiger partial charge >= 0.3 is 0 Å². The molecule has 28 heavy (non-hydrogen) atoms. The van der Waals surface area contributed by atoms with Gasteiger partial charge in [-0.2, -0.15) is 0 Å². The van der Waals surface area contributed by atoms with Gasteiger partial charge in [-0.15, -0.1) is 0 Å². The van der Waals surface area contributed by atoms with E-state index >= 15 is 0 Å². The summed E-state index contributed by atoms with van der Waals surface area (Å²) in [7, 11) is 7.17. The van der Waals surface area contributed by atoms with Crippen molar-refractivity contribution in [3.63, 3.8) is 0 Å². The highest BCUT2D eigenvalue weighted by atomic mass is 16.5. The third kappa shape index (κ3) is 5.65. The molecule has 2 rings (SSSR count). The predicted molar refractivity (Wildman–Crippen MR) is 115 cm³/mol. The molecule has 1 amide bonds. The summed E-state index contributed by atoms with van der Waals surface area (Å²) in [6.07, 6.45) is 3.09. The number of likely N-dealkylation sites (N-methyl/N-ethyl adjacent to an activating group) is 1. The lowest BCUT2D eigenvalue weighted by molar-refractivity contribution is 0.0796. The number of rotatable bonds is 10. The topological polar surface area (TPSA) is 42.0 Å². The molecular weight excluding hydrogens is 352 g/mol. The Bertz CT molecular complexity index is 759. The van der Waals surface area contributed by atoms with Crippen LogP contribution in [0.15, 0.2) is 42.5 Å². The molecule has 0 atom stereocenters. The van der Waals surface area contributed by atoms with Crippen LogP contribution in [0.4, 0.5) is 5.69 Å². The molecule has 5 nitrogen and oxygen atoms in total. The Labute approximate surface area is 168 Å². The number of hydrogen-bond donors (Lipinski definition) is 0. The second-order valence-corrected chi connectivity index (χ2v) is 6.99. The Hall–Kier alpha value is -2.69. The van der Waals surface area contributed by atoms with E-state index in [1.54, 1.807) is 19.1 Å². The van der Waals surface area contributed by atoms with Crippen LogP contribution < -0.4 is 14.4 Å². The smallest absolute Gasteiger partial charge is 0.253 e. The zero-order valence-electron chi connectivity index (χ0n) is 17.7. The van der Waals surface area contributed by atoms with Crippen molar-refractivity contribution in [1.29, 1.82) is 0 Å². The van der Waals surface area contributed by atoms with Gasteiger partial charge in [-0.05, 0) is 54.8 Å². The molecule has 0 saturated heterocycles. The molecule has 0 aliphatic rings. The minimum atomic E-state index is 0.0308. The van der Waals surface area contributed by atoms with E-state index in [-0.39, 0.29) is 5.91 Å². The van der Waals surface area contributed by atoms with Crippen LogP contribution in [-0.2, 0) is 6.42 Å². The second-order valence-electron chi connectivity index (χ2n) is 6.99. The molecular formula is C23H32N2O3. The van der Waals surface area contributed by atoms with E-state index < -0.39 is 0 Å². The van der Waals surface area contributed by atoms with Gasteiger partial charge in [0.15, 0.2) is 11.5 Å². The normalized spacial score (nSPS) is 10.5. The van der Waals surface area contributed by atoms with Gasteiger partial charge in [0, 0.05) is 38.4 Å². The zero-order valence-corrected chi connectivity index (χ0v) is 17.7. The van der Waals surface area contributed by atoms with Crippen molar-refractivity contribution in [1.82, 2.24) is 4.90 Å². The van der Waals surface area contributed by atoms with Crippen molar-refractivity contribution < 1.29 is 14.3 Å². The Morgan fingerprint density at radius 1 is 0.929 bits per heavy atom. The Balaban J connectivity index is 1.95. The monoisotopic (exact) mass is 384 g/mol. The van der Waals surface area contributed by atoms with E-state index in [4.69, 9.17) is 9.47 Å². The number of carbonyl (C=O) groups excluding carboxylic acids is 1. The highest BCUT2D eigenvalue weighted by Crippen LogP contribution is 2.27. The number of ether oxygens (including phenoxy) is 2. The average Bonchev–Trinajstić information content (AvgIpc) is 2.74. The number of anilines is 1. The third-order valence-electron chi connectivity index (χ3n) is 4.93. The molecule has 0 N–H and O–H groups in total. The Morgan fingerprint density at radius 2 is 1.61 bits per heavy atom. The first-order valence-electron chi connectivity index (χ1n) is 9.77. The molecule has 0 aliphatic heterocycles. The molecule has 0 spiro atoms. The van der Waals surface area contributed by atoms with E-state index in [1.807, 2.05) is 49.5 Å². The fourth-order valence-corrected chi connectivity index (χ4v) is 3.04. The lowest BCUT2D eigenvalue weighted by atomic mass is 10.1. The molecule has 0 unspecified atom stereocenters. The molecule has 0 aromatic heterocycles. The van der Waals surface area contributed by atoms with Crippen LogP contribution in [0.3, 0.4) is 0 Å². The van der Waals surface area contributed by atoms with E-state index in [2.05, 4.69) is 18.9 Å². The van der Waals surface area contributed by atoms with Gasteiger partial charge in [-0.25, -0.2) is 0 Å². The number of nitrogens with zero attached hydrogens (tertiary/aromatic N) is 2. The number of benzene rings is 2. The van der Waals surface area contributed by atoms with Gasteiger partial charge in [0.05, 0.1) is 14.2 Å². The quantitative estimate of drug-likeness (QED) is 0.614. The summed E-state index contributed by atoms with van der Waals surface area (Å²) in [4.78, 5) is 16.7. The molecule has 0 radical (unpaired) electrons. The maximum atomic E-state index is 12.7. The molecule has 0 bridgehead atoms. The van der Waals surface area contributed by atoms with Gasteiger partial charge in [-0.3, -0.25) is 4.79 Å². The van der Waals surface area contributed by atoms with Gasteiger partial charge in [0.2, 0.25) is 0 Å². The highest BCUT2D eigenvalue weighted by Gasteiger charge is 2.13. The van der Waals surface area contributed by atoms with Crippen LogP contribution in [0, 0.1) is 0 Å². The molecule has 0 fully saturated rings. The number of methoxy groups -OCH3 is 2. The molecule has 0 heterocycles. The van der Waals surface area contributed by atoms with Gasteiger partial charge < -0.3 is 19.3 Å². The maximum Gasteiger partial charge on any atom is 0.253 e. The number of carbonyl (C=O) groups is 1. The summed E-state index contributed by atoms with van der Waals surface area (Å²) >= 11 is 0. The maximum absolute atomic E-state index is 12.7. The van der Waals surface area contributed by atoms with E-state index in [1.165, 1.54) is 6.42 Å². The summed E-state index contributed by atoms with van der Waals surface area (Å²) in [5, 5.41) is 0. The van der Waals surface area contributed by atoms with Crippen LogP contribution in [0.1, 0.15) is 35.7 Å². The SMILES string of the molecule is CCCCN(C)c1ccc(C(=O)N(C)CCc2ccc(OC)c(OC)c2)cc1. The van der Waals surface area contributed by atoms with Crippen molar-refractivity contribution >= 4 is 11.6 Å². The summed E-state index contributed by atoms with van der Waals surface area (Å²) in [5.41, 5.74) is 2.95. The van der Waals surface area contributed by atoms with Crippen LogP contribution in [0.5, 0.6) is 11.5 Å². The molecule has 2 aromatic carbocycles. The van der Waals surface area contributed by atoms with Gasteiger partial charge in [0.1, 0.15) is 0 Å². The molecule has 2 aromatic rings. The summed E-state index contributed by atoms with van der Waals surface area (Å²) in [6.45, 7) is 3.84. The zero-order chi connectivity index (χ0) is 20.5. The van der Waals surface area contributed by atoms with Crippen LogP contribution in [-0.4, -0.2) is 52.2 Å². The fraction of sp³-hybridized carbons (Fsp3) is 0.435. The van der Waals surface area contributed by atoms with Crippen molar-refractivity contribution in [3.8, 4) is 11.5 Å². The molecule has 152 valence electrons. The average molecular weight is 385 g/mol. The van der Waals surface area contributed by atoms with Crippen LogP contribution in [0.25, 0.3) is 0 Å². The molecule has 5 heteroatoms. The van der Waals surface area contributed by atoms with Crippen molar-refractivity contribution in [2.45, 2.75) is 26.2 Å². The lowest BCUT2D eigenvalue weighted by Crippen LogP contribution is -2.29. The molecule has 0 aliphatic carbocycles. The van der Waals surface area contributed by atoms with Crippen molar-refractivity contribution in [3.05, 3.63) is 53.6 Å². The predicted octanol–water partition coefficient (Wildman–Crippen LogP) is 4.25. The summed E-state index contributed by atoms with van der Waals surface area (Å²) in [5.74, 6) is 1.44. The first-order chi connectivity index (χ1) is 13.5. The van der Waals surface area contributed by atoms with E-state index in [0.29, 0.717) is 23.6 Å². The van der Waals surface area contributed by atoms with E-state index in [0.717, 1.165) is 30.6 Å². The summed E-state index contributed by atoms with van der Waals surface area (Å²) in [6, 6.07) is 13.7. The largest absolute Gasteiger partial charge is 0.493 e. The van der Waals surface area contributed by atoms with Crippen LogP contribution >= 0.6 is 0 Å². The molecule has 0 saturated carbocycles. The van der Waals surface area contributed by atoms with Crippen LogP contribution in [0.2, 0.25) is 0 Å². The van der Waals surface area contributed by atoms with Gasteiger partial charge in [-0.1, -0.05) is 19.4 Å². The standard InChI is InChI=1S/C23H32N2O3/c1-6-7-15-24(2)20-11-9-19(10-12-20)23(26)25(3)16-14-18-8-13-21(27-4)22(17-18)28-5/h8-13,17H,6-7,14-16H2,1-5H3. The second kappa shape index (κ2) is 10.6. The lowest BCUT2D eigenvalue weighted by Gasteiger charge is -2.20. The number of amides is 1. The fourth-order valence-electron chi connectivity index (χ4n) is 3.04. The number of hydrogen-bond acceptors (Lipinski definition) is 4.